The van der Waals surface area contributed by atoms with Gasteiger partial charge in [-0.05, 0) is 31.0 Å². The van der Waals surface area contributed by atoms with Crippen molar-refractivity contribution in [2.45, 2.75) is 43.6 Å². The Labute approximate surface area is 237 Å². The molecule has 4 aromatic rings. The largest absolute Gasteiger partial charge is 0.482 e. The van der Waals surface area contributed by atoms with Gasteiger partial charge in [-0.15, -0.1) is 0 Å². The summed E-state index contributed by atoms with van der Waals surface area (Å²) in [6.45, 7) is 6.59. The fourth-order valence-electron chi connectivity index (χ4n) is 4.39. The van der Waals surface area contributed by atoms with E-state index in [1.807, 2.05) is 29.6 Å². The molecule has 212 valence electrons. The van der Waals surface area contributed by atoms with E-state index >= 15 is 0 Å². The Bertz CT molecular complexity index is 1670. The van der Waals surface area contributed by atoms with Gasteiger partial charge in [-0.3, -0.25) is 14.3 Å². The van der Waals surface area contributed by atoms with E-state index in [1.165, 1.54) is 28.7 Å². The maximum atomic E-state index is 13.4. The van der Waals surface area contributed by atoms with E-state index in [-0.39, 0.29) is 6.61 Å². The van der Waals surface area contributed by atoms with Crippen molar-refractivity contribution in [3.63, 3.8) is 0 Å². The van der Waals surface area contributed by atoms with Crippen LogP contribution in [-0.2, 0) is 6.61 Å². The Morgan fingerprint density at radius 2 is 1.88 bits per heavy atom. The van der Waals surface area contributed by atoms with E-state index in [1.54, 1.807) is 37.3 Å². The first-order valence-corrected chi connectivity index (χ1v) is 13.3. The van der Waals surface area contributed by atoms with Gasteiger partial charge in [0.2, 0.25) is 5.43 Å². The summed E-state index contributed by atoms with van der Waals surface area (Å²) in [4.78, 5) is 27.9. The van der Waals surface area contributed by atoms with Gasteiger partial charge in [0.1, 0.15) is 12.6 Å². The van der Waals surface area contributed by atoms with Gasteiger partial charge in [-0.2, -0.15) is 13.2 Å². The number of hydrogen-bond acceptors (Lipinski definition) is 7. The maximum absolute atomic E-state index is 13.4. The Hall–Kier alpha value is -4.45. The fourth-order valence-corrected chi connectivity index (χ4v) is 5.35. The number of carbonyl (C=O) groups excluding carboxylic acids is 1. The number of alkyl halides is 3. The number of nitrogens with one attached hydrogen (secondary N) is 2. The number of hydrogen-bond donors (Lipinski definition) is 2. The molecule has 0 aliphatic carbocycles. The van der Waals surface area contributed by atoms with Crippen molar-refractivity contribution in [1.29, 1.82) is 0 Å². The quantitative estimate of drug-likeness (QED) is 0.284. The zero-order valence-electron chi connectivity index (χ0n) is 22.0. The minimum atomic E-state index is -4.71. The highest BCUT2D eigenvalue weighted by Crippen LogP contribution is 2.46. The SMILES string of the molecule is C=C1Sc2ccccc2C(Nn2ccc(=O)c(OCc3ccccc3)c2C(=O)N[C@H](C)C(F)(F)F)c2c(C)noc21. The lowest BCUT2D eigenvalue weighted by atomic mass is 9.97. The number of pyridine rings is 1. The second-order valence-corrected chi connectivity index (χ2v) is 10.5. The lowest BCUT2D eigenvalue weighted by molar-refractivity contribution is -0.149. The number of aryl methyl sites for hydroxylation is 1. The zero-order chi connectivity index (χ0) is 29.3. The highest BCUT2D eigenvalue weighted by atomic mass is 32.2. The van der Waals surface area contributed by atoms with Gasteiger partial charge in [0.25, 0.3) is 5.91 Å². The molecule has 0 radical (unpaired) electrons. The van der Waals surface area contributed by atoms with Gasteiger partial charge in [0.15, 0.2) is 17.2 Å². The molecular formula is C29H25F3N4O4S. The number of halogens is 3. The molecule has 41 heavy (non-hydrogen) atoms. The number of aromatic nitrogens is 2. The zero-order valence-corrected chi connectivity index (χ0v) is 22.8. The van der Waals surface area contributed by atoms with E-state index in [0.717, 1.165) is 17.4 Å². The first-order valence-electron chi connectivity index (χ1n) is 12.5. The third-order valence-electron chi connectivity index (χ3n) is 6.52. The van der Waals surface area contributed by atoms with Crippen LogP contribution in [-0.4, -0.2) is 28.0 Å². The van der Waals surface area contributed by atoms with Gasteiger partial charge < -0.3 is 20.0 Å². The summed E-state index contributed by atoms with van der Waals surface area (Å²) in [7, 11) is 0. The molecule has 0 saturated carbocycles. The van der Waals surface area contributed by atoms with Crippen LogP contribution >= 0.6 is 11.8 Å². The van der Waals surface area contributed by atoms with Crippen molar-refractivity contribution in [3.05, 3.63) is 118 Å². The number of ether oxygens (including phenoxy) is 1. The van der Waals surface area contributed by atoms with Crippen molar-refractivity contribution in [2.24, 2.45) is 0 Å². The van der Waals surface area contributed by atoms with Gasteiger partial charge in [-0.1, -0.05) is 72.0 Å². The molecule has 0 fully saturated rings. The predicted molar refractivity (Wildman–Crippen MR) is 148 cm³/mol. The molecule has 1 amide bonds. The third-order valence-corrected chi connectivity index (χ3v) is 7.54. The minimum absolute atomic E-state index is 0.0904. The topological polar surface area (TPSA) is 98.4 Å². The summed E-state index contributed by atoms with van der Waals surface area (Å²) in [5.74, 6) is -1.12. The van der Waals surface area contributed by atoms with E-state index in [2.05, 4.69) is 17.2 Å². The van der Waals surface area contributed by atoms with Crippen LogP contribution in [0.15, 0.2) is 87.7 Å². The lowest BCUT2D eigenvalue weighted by Gasteiger charge is -2.26. The number of thioether (sulfide) groups is 1. The number of amides is 1. The molecule has 0 saturated heterocycles. The first-order chi connectivity index (χ1) is 19.5. The molecular weight excluding hydrogens is 557 g/mol. The number of benzene rings is 2. The van der Waals surface area contributed by atoms with Crippen molar-refractivity contribution < 1.29 is 27.2 Å². The molecule has 5 rings (SSSR count). The van der Waals surface area contributed by atoms with Crippen molar-refractivity contribution in [3.8, 4) is 5.75 Å². The Morgan fingerprint density at radius 3 is 2.61 bits per heavy atom. The molecule has 1 aliphatic rings. The van der Waals surface area contributed by atoms with E-state index in [4.69, 9.17) is 9.26 Å². The van der Waals surface area contributed by atoms with Gasteiger partial charge >= 0.3 is 6.18 Å². The van der Waals surface area contributed by atoms with Crippen LogP contribution in [0.4, 0.5) is 13.2 Å². The summed E-state index contributed by atoms with van der Waals surface area (Å²) in [6.07, 6.45) is -3.43. The predicted octanol–water partition coefficient (Wildman–Crippen LogP) is 5.81. The highest BCUT2D eigenvalue weighted by Gasteiger charge is 2.39. The van der Waals surface area contributed by atoms with Crippen LogP contribution in [0, 0.1) is 6.92 Å². The molecule has 2 atom stereocenters. The van der Waals surface area contributed by atoms with Gasteiger partial charge in [0.05, 0.1) is 22.2 Å². The third kappa shape index (κ3) is 5.73. The summed E-state index contributed by atoms with van der Waals surface area (Å²) in [6, 6.07) is 14.6. The van der Waals surface area contributed by atoms with Crippen molar-refractivity contribution in [1.82, 2.24) is 15.1 Å². The molecule has 0 spiro atoms. The van der Waals surface area contributed by atoms with E-state index in [9.17, 15) is 22.8 Å². The summed E-state index contributed by atoms with van der Waals surface area (Å²) >= 11 is 1.38. The smallest absolute Gasteiger partial charge is 0.408 e. The Morgan fingerprint density at radius 1 is 1.17 bits per heavy atom. The molecule has 3 heterocycles. The molecule has 12 heteroatoms. The average molecular weight is 583 g/mol. The second-order valence-electron chi connectivity index (χ2n) is 9.37. The van der Waals surface area contributed by atoms with Crippen LogP contribution in [0.5, 0.6) is 5.75 Å². The lowest BCUT2D eigenvalue weighted by Crippen LogP contribution is -2.45. The average Bonchev–Trinajstić information content (AvgIpc) is 3.27. The molecule has 1 aliphatic heterocycles. The number of fused-ring (bicyclic) bond motifs is 2. The first kappa shape index (κ1) is 28.1. The molecule has 1 unspecified atom stereocenters. The molecule has 2 aromatic heterocycles. The molecule has 2 N–H and O–H groups in total. The molecule has 8 nitrogen and oxygen atoms in total. The van der Waals surface area contributed by atoms with Crippen LogP contribution in [0.2, 0.25) is 0 Å². The van der Waals surface area contributed by atoms with Crippen LogP contribution < -0.4 is 20.9 Å². The van der Waals surface area contributed by atoms with Crippen LogP contribution in [0.3, 0.4) is 0 Å². The van der Waals surface area contributed by atoms with Crippen molar-refractivity contribution in [2.75, 3.05) is 5.43 Å². The van der Waals surface area contributed by atoms with E-state index in [0.29, 0.717) is 27.5 Å². The van der Waals surface area contributed by atoms with Gasteiger partial charge in [0, 0.05) is 17.2 Å². The highest BCUT2D eigenvalue weighted by molar-refractivity contribution is 8.08. The Kier molecular flexibility index (Phi) is 7.68. The normalized spacial score (nSPS) is 15.3. The number of carbonyl (C=O) groups is 1. The fraction of sp³-hybridized carbons (Fsp3) is 0.207. The number of nitrogens with zero attached hydrogens (tertiary/aromatic N) is 2. The second kappa shape index (κ2) is 11.2. The molecule has 2 aromatic carbocycles. The summed E-state index contributed by atoms with van der Waals surface area (Å²) in [5.41, 5.74) is 4.78. The Balaban J connectivity index is 1.63. The molecule has 0 bridgehead atoms. The summed E-state index contributed by atoms with van der Waals surface area (Å²) in [5, 5.41) is 6.05. The standard InChI is InChI=1S/C29H25F3N4O4S/c1-16-23-24(20-11-7-8-12-22(20)41-17(2)26(23)40-35-16)34-36-14-13-21(37)27(39-15-19-9-5-4-6-10-19)25(36)28(38)33-18(3)29(30,31)32/h4-14,18,24,34H,2,15H2,1,3H3,(H,33,38)/t18-,24?/m1/s1. The number of rotatable bonds is 7. The van der Waals surface area contributed by atoms with Gasteiger partial charge in [-0.25, -0.2) is 0 Å². The summed E-state index contributed by atoms with van der Waals surface area (Å²) < 4.78 is 52.8. The minimum Gasteiger partial charge on any atom is -0.482 e. The van der Waals surface area contributed by atoms with Crippen LogP contribution in [0.1, 0.15) is 51.6 Å². The van der Waals surface area contributed by atoms with Crippen LogP contribution in [0.25, 0.3) is 4.91 Å². The van der Waals surface area contributed by atoms with Crippen molar-refractivity contribution >= 4 is 22.6 Å². The monoisotopic (exact) mass is 582 g/mol. The maximum Gasteiger partial charge on any atom is 0.408 e. The van der Waals surface area contributed by atoms with E-state index < -0.39 is 41.0 Å².